The first-order chi connectivity index (χ1) is 7.97. The highest BCUT2D eigenvalue weighted by Gasteiger charge is 2.18. The number of hydrogen-bond acceptors (Lipinski definition) is 3. The van der Waals surface area contributed by atoms with Gasteiger partial charge >= 0.3 is 0 Å². The molecule has 0 spiro atoms. The van der Waals surface area contributed by atoms with Crippen LogP contribution in [0.3, 0.4) is 0 Å². The molecule has 0 fully saturated rings. The van der Waals surface area contributed by atoms with Gasteiger partial charge in [-0.25, -0.2) is 8.78 Å². The average molecular weight is 265 g/mol. The first kappa shape index (κ1) is 13.9. The Hall–Kier alpha value is -1.13. The van der Waals surface area contributed by atoms with Crippen molar-refractivity contribution in [2.75, 3.05) is 20.2 Å². The van der Waals surface area contributed by atoms with Gasteiger partial charge in [0.2, 0.25) is 5.82 Å². The number of ketones is 1. The van der Waals surface area contributed by atoms with Crippen LogP contribution in [-0.4, -0.2) is 26.0 Å². The second kappa shape index (κ2) is 5.98. The standard InChI is InChI=1S/C10H11F3NO2P/c1-14-3-5(15)4-16-9-8(13)6(11)2-7(12)10(9)17/h2,14H,3-4,17H2,1H3. The lowest BCUT2D eigenvalue weighted by Gasteiger charge is -2.10. The molecule has 1 unspecified atom stereocenters. The van der Waals surface area contributed by atoms with Gasteiger partial charge < -0.3 is 10.1 Å². The summed E-state index contributed by atoms with van der Waals surface area (Å²) in [6, 6.07) is 0.417. The summed E-state index contributed by atoms with van der Waals surface area (Å²) in [5.74, 6) is -4.58. The monoisotopic (exact) mass is 265 g/mol. The minimum absolute atomic E-state index is 0.0333. The van der Waals surface area contributed by atoms with Gasteiger partial charge in [-0.3, -0.25) is 4.79 Å². The highest BCUT2D eigenvalue weighted by Crippen LogP contribution is 2.21. The van der Waals surface area contributed by atoms with Crippen LogP contribution in [0.4, 0.5) is 13.2 Å². The van der Waals surface area contributed by atoms with Crippen LogP contribution in [0.1, 0.15) is 0 Å². The van der Waals surface area contributed by atoms with Gasteiger partial charge in [-0.15, -0.1) is 0 Å². The largest absolute Gasteiger partial charge is 0.482 e. The average Bonchev–Trinajstić information content (AvgIpc) is 2.27. The molecular formula is C10H11F3NO2P. The molecule has 0 radical (unpaired) electrons. The molecular weight excluding hydrogens is 254 g/mol. The summed E-state index contributed by atoms with van der Waals surface area (Å²) >= 11 is 0. The third kappa shape index (κ3) is 3.41. The molecule has 1 aromatic carbocycles. The van der Waals surface area contributed by atoms with E-state index < -0.39 is 29.8 Å². The maximum absolute atomic E-state index is 13.3. The van der Waals surface area contributed by atoms with Crippen molar-refractivity contribution in [1.29, 1.82) is 0 Å². The molecule has 0 heterocycles. The van der Waals surface area contributed by atoms with Crippen molar-refractivity contribution in [3.05, 3.63) is 23.5 Å². The summed E-state index contributed by atoms with van der Waals surface area (Å²) in [5, 5.41) is 2.33. The Balaban J connectivity index is 2.87. The quantitative estimate of drug-likeness (QED) is 0.631. The molecule has 0 aromatic heterocycles. The van der Waals surface area contributed by atoms with E-state index in [0.29, 0.717) is 6.07 Å². The zero-order chi connectivity index (χ0) is 13.0. The van der Waals surface area contributed by atoms with Crippen LogP contribution in [-0.2, 0) is 4.79 Å². The van der Waals surface area contributed by atoms with E-state index in [-0.39, 0.29) is 17.6 Å². The van der Waals surface area contributed by atoms with Crippen LogP contribution in [0.2, 0.25) is 0 Å². The number of rotatable bonds is 5. The fourth-order valence-corrected chi connectivity index (χ4v) is 1.42. The minimum atomic E-state index is -1.36. The van der Waals surface area contributed by atoms with Crippen molar-refractivity contribution >= 4 is 20.3 Å². The van der Waals surface area contributed by atoms with E-state index in [1.54, 1.807) is 7.05 Å². The topological polar surface area (TPSA) is 38.3 Å². The predicted octanol–water partition coefficient (Wildman–Crippen LogP) is 0.772. The predicted molar refractivity (Wildman–Crippen MR) is 60.1 cm³/mol. The molecule has 1 atom stereocenters. The molecule has 1 N–H and O–H groups in total. The molecule has 7 heteroatoms. The third-order valence-electron chi connectivity index (χ3n) is 1.92. The summed E-state index contributed by atoms with van der Waals surface area (Å²) in [4.78, 5) is 11.1. The van der Waals surface area contributed by atoms with Crippen molar-refractivity contribution in [2.24, 2.45) is 0 Å². The SMILES string of the molecule is CNCC(=O)COc1c(F)c(F)cc(F)c1P. The van der Waals surface area contributed by atoms with E-state index >= 15 is 0 Å². The first-order valence-electron chi connectivity index (χ1n) is 4.69. The van der Waals surface area contributed by atoms with E-state index in [0.717, 1.165) is 0 Å². The first-order valence-corrected chi connectivity index (χ1v) is 5.27. The zero-order valence-corrected chi connectivity index (χ0v) is 10.2. The summed E-state index contributed by atoms with van der Waals surface area (Å²) in [7, 11) is 3.46. The van der Waals surface area contributed by atoms with Gasteiger partial charge in [0.05, 0.1) is 11.8 Å². The molecule has 0 amide bonds. The summed E-state index contributed by atoms with van der Waals surface area (Å²) in [6.07, 6.45) is 0. The van der Waals surface area contributed by atoms with Crippen LogP contribution in [0.5, 0.6) is 5.75 Å². The van der Waals surface area contributed by atoms with Gasteiger partial charge in [0.15, 0.2) is 17.3 Å². The molecule has 1 rings (SSSR count). The lowest BCUT2D eigenvalue weighted by molar-refractivity contribution is -0.120. The number of benzene rings is 1. The Morgan fingerprint density at radius 2 is 2.06 bits per heavy atom. The number of halogens is 3. The van der Waals surface area contributed by atoms with Crippen LogP contribution >= 0.6 is 9.24 Å². The second-order valence-electron chi connectivity index (χ2n) is 3.25. The third-order valence-corrected chi connectivity index (χ3v) is 2.45. The van der Waals surface area contributed by atoms with Crippen LogP contribution in [0, 0.1) is 17.5 Å². The van der Waals surface area contributed by atoms with Gasteiger partial charge in [0.25, 0.3) is 0 Å². The fraction of sp³-hybridized carbons (Fsp3) is 0.300. The number of nitrogens with one attached hydrogen (secondary N) is 1. The second-order valence-corrected chi connectivity index (χ2v) is 3.83. The highest BCUT2D eigenvalue weighted by molar-refractivity contribution is 7.27. The van der Waals surface area contributed by atoms with E-state index in [1.807, 2.05) is 9.24 Å². The number of Topliss-reactive ketones (excluding diaryl/α,β-unsaturated/α-hetero) is 1. The molecule has 0 aliphatic heterocycles. The highest BCUT2D eigenvalue weighted by atomic mass is 31.0. The maximum atomic E-state index is 13.3. The minimum Gasteiger partial charge on any atom is -0.482 e. The number of carbonyl (C=O) groups excluding carboxylic acids is 1. The van der Waals surface area contributed by atoms with Gasteiger partial charge in [-0.2, -0.15) is 4.39 Å². The Morgan fingerprint density at radius 3 is 2.65 bits per heavy atom. The Labute approximate surface area is 98.5 Å². The molecule has 0 saturated heterocycles. The van der Waals surface area contributed by atoms with E-state index in [9.17, 15) is 18.0 Å². The fourth-order valence-electron chi connectivity index (χ4n) is 1.13. The van der Waals surface area contributed by atoms with Gasteiger partial charge in [0, 0.05) is 6.07 Å². The molecule has 3 nitrogen and oxygen atoms in total. The molecule has 0 bridgehead atoms. The molecule has 0 aliphatic rings. The summed E-state index contributed by atoms with van der Waals surface area (Å²) in [5.41, 5.74) is 0. The van der Waals surface area contributed by atoms with Crippen molar-refractivity contribution in [3.8, 4) is 5.75 Å². The molecule has 0 aliphatic carbocycles. The van der Waals surface area contributed by atoms with Crippen molar-refractivity contribution in [3.63, 3.8) is 0 Å². The molecule has 17 heavy (non-hydrogen) atoms. The van der Waals surface area contributed by atoms with E-state index in [4.69, 9.17) is 4.74 Å². The van der Waals surface area contributed by atoms with Crippen molar-refractivity contribution in [2.45, 2.75) is 0 Å². The summed E-state index contributed by atoms with van der Waals surface area (Å²) < 4.78 is 44.0. The van der Waals surface area contributed by atoms with E-state index in [2.05, 4.69) is 5.32 Å². The van der Waals surface area contributed by atoms with Crippen molar-refractivity contribution < 1.29 is 22.7 Å². The Morgan fingerprint density at radius 1 is 1.41 bits per heavy atom. The number of hydrogen-bond donors (Lipinski definition) is 1. The van der Waals surface area contributed by atoms with Gasteiger partial charge in [-0.05, 0) is 7.05 Å². The van der Waals surface area contributed by atoms with Crippen LogP contribution in [0.25, 0.3) is 0 Å². The van der Waals surface area contributed by atoms with Crippen LogP contribution in [0.15, 0.2) is 6.07 Å². The van der Waals surface area contributed by atoms with Crippen molar-refractivity contribution in [1.82, 2.24) is 5.32 Å². The van der Waals surface area contributed by atoms with E-state index in [1.165, 1.54) is 0 Å². The Bertz CT molecular complexity index is 414. The lowest BCUT2D eigenvalue weighted by atomic mass is 10.3. The Kier molecular flexibility index (Phi) is 4.90. The number of ether oxygens (including phenoxy) is 1. The molecule has 1 aromatic rings. The lowest BCUT2D eigenvalue weighted by Crippen LogP contribution is -2.25. The zero-order valence-electron chi connectivity index (χ0n) is 9.02. The molecule has 94 valence electrons. The van der Waals surface area contributed by atoms with Crippen LogP contribution < -0.4 is 15.4 Å². The normalized spacial score (nSPS) is 10.4. The molecule has 0 saturated carbocycles. The van der Waals surface area contributed by atoms with Gasteiger partial charge in [0.1, 0.15) is 12.4 Å². The van der Waals surface area contributed by atoms with Gasteiger partial charge in [-0.1, -0.05) is 9.24 Å². The smallest absolute Gasteiger partial charge is 0.201 e. The summed E-state index contributed by atoms with van der Waals surface area (Å²) in [6.45, 7) is -0.423. The number of carbonyl (C=O) groups is 1. The number of likely N-dealkylation sites (N-methyl/N-ethyl adjacent to an activating group) is 1. The maximum Gasteiger partial charge on any atom is 0.201 e.